The minimum atomic E-state index is -0.578. The van der Waals surface area contributed by atoms with Gasteiger partial charge >= 0.3 is 0 Å². The molecule has 0 aliphatic heterocycles. The third-order valence-corrected chi connectivity index (χ3v) is 3.53. The number of rotatable bonds is 5. The van der Waals surface area contributed by atoms with Crippen LogP contribution in [0.5, 0.6) is 5.75 Å². The zero-order valence-corrected chi connectivity index (χ0v) is 14.3. The third-order valence-electron chi connectivity index (χ3n) is 3.53. The van der Waals surface area contributed by atoms with Gasteiger partial charge in [-0.2, -0.15) is 0 Å². The van der Waals surface area contributed by atoms with Crippen LogP contribution >= 0.6 is 0 Å². The van der Waals surface area contributed by atoms with E-state index in [-0.39, 0.29) is 11.3 Å². The van der Waals surface area contributed by atoms with E-state index in [0.717, 1.165) is 11.3 Å². The van der Waals surface area contributed by atoms with Gasteiger partial charge in [0.2, 0.25) is 0 Å². The summed E-state index contributed by atoms with van der Waals surface area (Å²) < 4.78 is 11.1. The molecule has 23 heavy (non-hydrogen) atoms. The largest absolute Gasteiger partial charge is 0.480 e. The molecule has 1 amide bonds. The molecule has 0 fully saturated rings. The number of nitrogens with zero attached hydrogens (tertiary/aromatic N) is 1. The fourth-order valence-electron chi connectivity index (χ4n) is 2.06. The van der Waals surface area contributed by atoms with Gasteiger partial charge in [-0.05, 0) is 25.0 Å². The van der Waals surface area contributed by atoms with Crippen molar-refractivity contribution in [2.45, 2.75) is 52.6 Å². The number of amides is 1. The molecule has 5 heteroatoms. The number of aromatic nitrogens is 1. The molecule has 1 N–H and O–H groups in total. The minimum Gasteiger partial charge on any atom is -0.480 e. The van der Waals surface area contributed by atoms with Gasteiger partial charge in [-0.1, -0.05) is 51.1 Å². The fourth-order valence-corrected chi connectivity index (χ4v) is 2.06. The van der Waals surface area contributed by atoms with Crippen LogP contribution in [0.2, 0.25) is 0 Å². The van der Waals surface area contributed by atoms with E-state index in [1.54, 1.807) is 6.07 Å². The standard InChI is InChI=1S/C18H24N2O3/c1-6-13(22-14-10-8-7-9-12(14)2)17(21)19-16-11-15(23-20-16)18(3,4)5/h7-11,13H,6H2,1-5H3,(H,19,20,21). The molecule has 1 aromatic carbocycles. The molecule has 0 saturated carbocycles. The Morgan fingerprint density at radius 2 is 2.04 bits per heavy atom. The Hall–Kier alpha value is -2.30. The number of carbonyl (C=O) groups is 1. The van der Waals surface area contributed by atoms with Crippen LogP contribution in [-0.2, 0) is 10.2 Å². The summed E-state index contributed by atoms with van der Waals surface area (Å²) in [6, 6.07) is 9.39. The van der Waals surface area contributed by atoms with Crippen molar-refractivity contribution in [3.05, 3.63) is 41.7 Å². The van der Waals surface area contributed by atoms with Gasteiger partial charge in [0, 0.05) is 11.5 Å². The zero-order valence-electron chi connectivity index (χ0n) is 14.3. The lowest BCUT2D eigenvalue weighted by molar-refractivity contribution is -0.122. The highest BCUT2D eigenvalue weighted by Gasteiger charge is 2.23. The van der Waals surface area contributed by atoms with Crippen LogP contribution in [0, 0.1) is 6.92 Å². The second-order valence-electron chi connectivity index (χ2n) is 6.60. The second kappa shape index (κ2) is 6.86. The predicted octanol–water partition coefficient (Wildman–Crippen LogP) is 4.08. The van der Waals surface area contributed by atoms with Crippen molar-refractivity contribution in [3.8, 4) is 5.75 Å². The quantitative estimate of drug-likeness (QED) is 0.903. The number of ether oxygens (including phenoxy) is 1. The Morgan fingerprint density at radius 3 is 2.61 bits per heavy atom. The van der Waals surface area contributed by atoms with E-state index < -0.39 is 6.10 Å². The average Bonchev–Trinajstić information content (AvgIpc) is 2.95. The Morgan fingerprint density at radius 1 is 1.35 bits per heavy atom. The molecular weight excluding hydrogens is 292 g/mol. The first-order valence-corrected chi connectivity index (χ1v) is 7.81. The number of benzene rings is 1. The van der Waals surface area contributed by atoms with E-state index >= 15 is 0 Å². The molecule has 0 aliphatic carbocycles. The summed E-state index contributed by atoms with van der Waals surface area (Å²) in [6.07, 6.45) is -0.0182. The van der Waals surface area contributed by atoms with Crippen LogP contribution in [-0.4, -0.2) is 17.2 Å². The minimum absolute atomic E-state index is 0.155. The lowest BCUT2D eigenvalue weighted by Crippen LogP contribution is -2.32. The molecule has 1 heterocycles. The van der Waals surface area contributed by atoms with Crippen LogP contribution in [0.3, 0.4) is 0 Å². The Bertz CT molecular complexity index is 671. The van der Waals surface area contributed by atoms with Gasteiger partial charge < -0.3 is 14.6 Å². The van der Waals surface area contributed by atoms with E-state index in [2.05, 4.69) is 10.5 Å². The Kier molecular flexibility index (Phi) is 5.08. The van der Waals surface area contributed by atoms with E-state index in [1.165, 1.54) is 0 Å². The monoisotopic (exact) mass is 316 g/mol. The molecule has 1 aromatic heterocycles. The molecular formula is C18H24N2O3. The molecule has 2 rings (SSSR count). The molecule has 0 bridgehead atoms. The second-order valence-corrected chi connectivity index (χ2v) is 6.60. The van der Waals surface area contributed by atoms with E-state index in [0.29, 0.717) is 18.0 Å². The first-order valence-electron chi connectivity index (χ1n) is 7.81. The summed E-state index contributed by atoms with van der Waals surface area (Å²) in [7, 11) is 0. The van der Waals surface area contributed by atoms with Gasteiger partial charge in [0.25, 0.3) is 5.91 Å². The van der Waals surface area contributed by atoms with Crippen LogP contribution in [0.1, 0.15) is 45.4 Å². The van der Waals surface area contributed by atoms with E-state index in [4.69, 9.17) is 9.26 Å². The molecule has 1 unspecified atom stereocenters. The van der Waals surface area contributed by atoms with Crippen molar-refractivity contribution in [1.82, 2.24) is 5.16 Å². The van der Waals surface area contributed by atoms with Gasteiger partial charge in [-0.15, -0.1) is 0 Å². The summed E-state index contributed by atoms with van der Waals surface area (Å²) in [5, 5.41) is 6.66. The molecule has 0 radical (unpaired) electrons. The van der Waals surface area contributed by atoms with Crippen molar-refractivity contribution >= 4 is 11.7 Å². The summed E-state index contributed by atoms with van der Waals surface area (Å²) >= 11 is 0. The highest BCUT2D eigenvalue weighted by molar-refractivity contribution is 5.93. The molecule has 5 nitrogen and oxygen atoms in total. The van der Waals surface area contributed by atoms with Gasteiger partial charge in [0.15, 0.2) is 11.9 Å². The van der Waals surface area contributed by atoms with Crippen molar-refractivity contribution in [3.63, 3.8) is 0 Å². The summed E-state index contributed by atoms with van der Waals surface area (Å²) in [5.41, 5.74) is 0.841. The average molecular weight is 316 g/mol. The number of anilines is 1. The maximum atomic E-state index is 12.4. The lowest BCUT2D eigenvalue weighted by atomic mass is 9.93. The normalized spacial score (nSPS) is 12.7. The van der Waals surface area contributed by atoms with Crippen molar-refractivity contribution in [1.29, 1.82) is 0 Å². The first-order chi connectivity index (χ1) is 10.8. The van der Waals surface area contributed by atoms with Gasteiger partial charge in [0.1, 0.15) is 11.5 Å². The summed E-state index contributed by atoms with van der Waals surface area (Å²) in [4.78, 5) is 12.4. The molecule has 2 aromatic rings. The summed E-state index contributed by atoms with van der Waals surface area (Å²) in [5.74, 6) is 1.61. The van der Waals surface area contributed by atoms with Crippen molar-refractivity contribution in [2.24, 2.45) is 0 Å². The number of hydrogen-bond donors (Lipinski definition) is 1. The van der Waals surface area contributed by atoms with Crippen LogP contribution in [0.25, 0.3) is 0 Å². The maximum absolute atomic E-state index is 12.4. The number of para-hydroxylation sites is 1. The molecule has 0 spiro atoms. The number of aryl methyl sites for hydroxylation is 1. The molecule has 124 valence electrons. The van der Waals surface area contributed by atoms with Gasteiger partial charge in [-0.25, -0.2) is 0 Å². The van der Waals surface area contributed by atoms with Gasteiger partial charge in [0.05, 0.1) is 0 Å². The highest BCUT2D eigenvalue weighted by Crippen LogP contribution is 2.25. The molecule has 0 aliphatic rings. The van der Waals surface area contributed by atoms with Crippen LogP contribution in [0.4, 0.5) is 5.82 Å². The summed E-state index contributed by atoms with van der Waals surface area (Å²) in [6.45, 7) is 9.93. The van der Waals surface area contributed by atoms with Crippen molar-refractivity contribution in [2.75, 3.05) is 5.32 Å². The smallest absolute Gasteiger partial charge is 0.266 e. The Labute approximate surface area is 137 Å². The van der Waals surface area contributed by atoms with Crippen LogP contribution in [0.15, 0.2) is 34.9 Å². The topological polar surface area (TPSA) is 64.4 Å². The van der Waals surface area contributed by atoms with E-state index in [9.17, 15) is 4.79 Å². The van der Waals surface area contributed by atoms with E-state index in [1.807, 2.05) is 58.9 Å². The molecule has 0 saturated heterocycles. The lowest BCUT2D eigenvalue weighted by Gasteiger charge is -2.17. The third kappa shape index (κ3) is 4.34. The maximum Gasteiger partial charge on any atom is 0.266 e. The number of hydrogen-bond acceptors (Lipinski definition) is 4. The van der Waals surface area contributed by atoms with Crippen molar-refractivity contribution < 1.29 is 14.1 Å². The molecule has 1 atom stereocenters. The number of nitrogens with one attached hydrogen (secondary N) is 1. The van der Waals surface area contributed by atoms with Crippen LogP contribution < -0.4 is 10.1 Å². The SMILES string of the molecule is CCC(Oc1ccccc1C)C(=O)Nc1cc(C(C)(C)C)on1. The predicted molar refractivity (Wildman–Crippen MR) is 89.7 cm³/mol. The fraction of sp³-hybridized carbons (Fsp3) is 0.444. The Balaban J connectivity index is 2.06. The van der Waals surface area contributed by atoms with Gasteiger partial charge in [-0.3, -0.25) is 4.79 Å². The highest BCUT2D eigenvalue weighted by atomic mass is 16.5. The zero-order chi connectivity index (χ0) is 17.0. The first kappa shape index (κ1) is 17.1. The number of carbonyl (C=O) groups excluding carboxylic acids is 1.